The van der Waals surface area contributed by atoms with E-state index in [1.807, 2.05) is 10.5 Å². The van der Waals surface area contributed by atoms with E-state index < -0.39 is 0 Å². The number of hydrogen-bond donors (Lipinski definition) is 1. The second-order valence-corrected chi connectivity index (χ2v) is 4.72. The average Bonchev–Trinajstić information content (AvgIpc) is 2.89. The van der Waals surface area contributed by atoms with E-state index in [4.69, 9.17) is 4.74 Å². The molecule has 3 aromatic rings. The predicted molar refractivity (Wildman–Crippen MR) is 77.4 cm³/mol. The molecule has 3 rings (SSSR count). The standard InChI is InChI=1S/C16H14N2O3/c1-21-16(20)12-5-6-18-13(9-12)10-17-15(18)8-11-3-2-4-14(19)7-11/h2-7,9-10,19H,8H2,1H3. The first-order chi connectivity index (χ1) is 10.2. The van der Waals surface area contributed by atoms with E-state index in [1.54, 1.807) is 42.7 Å². The molecule has 0 radical (unpaired) electrons. The number of aromatic nitrogens is 2. The molecule has 1 N–H and O–H groups in total. The van der Waals surface area contributed by atoms with E-state index in [0.717, 1.165) is 16.9 Å². The molecule has 0 fully saturated rings. The average molecular weight is 282 g/mol. The minimum Gasteiger partial charge on any atom is -0.508 e. The van der Waals surface area contributed by atoms with Gasteiger partial charge in [0.15, 0.2) is 0 Å². The fourth-order valence-electron chi connectivity index (χ4n) is 2.28. The first kappa shape index (κ1) is 13.2. The van der Waals surface area contributed by atoms with Crippen LogP contribution in [0, 0.1) is 0 Å². The lowest BCUT2D eigenvalue weighted by Crippen LogP contribution is -2.02. The van der Waals surface area contributed by atoms with Crippen molar-refractivity contribution in [1.82, 2.24) is 9.38 Å². The SMILES string of the molecule is COC(=O)c1ccn2c(Cc3cccc(O)c3)ncc2c1. The molecule has 0 aliphatic heterocycles. The molecular formula is C16H14N2O3. The maximum atomic E-state index is 11.5. The van der Waals surface area contributed by atoms with Crippen molar-refractivity contribution < 1.29 is 14.6 Å². The highest BCUT2D eigenvalue weighted by molar-refractivity contribution is 5.90. The molecule has 0 spiro atoms. The van der Waals surface area contributed by atoms with Gasteiger partial charge in [0, 0.05) is 12.6 Å². The number of carbonyl (C=O) groups is 1. The van der Waals surface area contributed by atoms with Crippen LogP contribution in [-0.2, 0) is 11.2 Å². The Labute approximate surface area is 121 Å². The Hall–Kier alpha value is -2.82. The summed E-state index contributed by atoms with van der Waals surface area (Å²) in [5, 5.41) is 9.50. The molecule has 0 atom stereocenters. The first-order valence-electron chi connectivity index (χ1n) is 6.49. The molecule has 21 heavy (non-hydrogen) atoms. The Morgan fingerprint density at radius 2 is 2.19 bits per heavy atom. The van der Waals surface area contributed by atoms with Crippen molar-refractivity contribution in [2.75, 3.05) is 7.11 Å². The number of imidazole rings is 1. The highest BCUT2D eigenvalue weighted by atomic mass is 16.5. The second kappa shape index (κ2) is 5.28. The van der Waals surface area contributed by atoms with Gasteiger partial charge in [-0.2, -0.15) is 0 Å². The zero-order valence-corrected chi connectivity index (χ0v) is 11.5. The molecule has 0 unspecified atom stereocenters. The van der Waals surface area contributed by atoms with Crippen LogP contribution in [0.4, 0.5) is 0 Å². The maximum absolute atomic E-state index is 11.5. The number of phenolic OH excluding ortho intramolecular Hbond substituents is 1. The fourth-order valence-corrected chi connectivity index (χ4v) is 2.28. The number of hydrogen-bond acceptors (Lipinski definition) is 4. The number of fused-ring (bicyclic) bond motifs is 1. The maximum Gasteiger partial charge on any atom is 0.337 e. The Morgan fingerprint density at radius 1 is 1.33 bits per heavy atom. The van der Waals surface area contributed by atoms with Gasteiger partial charge in [-0.15, -0.1) is 0 Å². The van der Waals surface area contributed by atoms with Crippen molar-refractivity contribution in [3.05, 3.63) is 65.7 Å². The molecule has 0 bridgehead atoms. The minimum absolute atomic E-state index is 0.237. The molecule has 106 valence electrons. The summed E-state index contributed by atoms with van der Waals surface area (Å²) in [7, 11) is 1.36. The number of benzene rings is 1. The van der Waals surface area contributed by atoms with Crippen LogP contribution < -0.4 is 0 Å². The van der Waals surface area contributed by atoms with E-state index in [0.29, 0.717) is 12.0 Å². The zero-order chi connectivity index (χ0) is 14.8. The molecule has 0 saturated carbocycles. The number of carbonyl (C=O) groups excluding carboxylic acids is 1. The molecule has 5 heteroatoms. The van der Waals surface area contributed by atoms with E-state index in [-0.39, 0.29) is 11.7 Å². The number of ether oxygens (including phenoxy) is 1. The van der Waals surface area contributed by atoms with Crippen LogP contribution in [0.5, 0.6) is 5.75 Å². The topological polar surface area (TPSA) is 63.8 Å². The summed E-state index contributed by atoms with van der Waals surface area (Å²) < 4.78 is 6.62. The Kier molecular flexibility index (Phi) is 3.31. The third-order valence-electron chi connectivity index (χ3n) is 3.30. The lowest BCUT2D eigenvalue weighted by Gasteiger charge is -2.04. The van der Waals surface area contributed by atoms with Crippen molar-refractivity contribution >= 4 is 11.5 Å². The monoisotopic (exact) mass is 282 g/mol. The summed E-state index contributed by atoms with van der Waals surface area (Å²) in [5.74, 6) is 0.710. The number of aromatic hydroxyl groups is 1. The number of rotatable bonds is 3. The van der Waals surface area contributed by atoms with Gasteiger partial charge >= 0.3 is 5.97 Å². The number of esters is 1. The Balaban J connectivity index is 1.95. The van der Waals surface area contributed by atoms with E-state index in [2.05, 4.69) is 4.98 Å². The summed E-state index contributed by atoms with van der Waals surface area (Å²) in [4.78, 5) is 15.9. The van der Waals surface area contributed by atoms with Crippen LogP contribution in [0.15, 0.2) is 48.8 Å². The molecule has 2 heterocycles. The summed E-state index contributed by atoms with van der Waals surface area (Å²) >= 11 is 0. The summed E-state index contributed by atoms with van der Waals surface area (Å²) in [6.07, 6.45) is 4.11. The van der Waals surface area contributed by atoms with E-state index >= 15 is 0 Å². The zero-order valence-electron chi connectivity index (χ0n) is 11.5. The van der Waals surface area contributed by atoms with Crippen LogP contribution in [0.2, 0.25) is 0 Å². The minimum atomic E-state index is -0.367. The second-order valence-electron chi connectivity index (χ2n) is 4.72. The van der Waals surface area contributed by atoms with Gasteiger partial charge in [-0.3, -0.25) is 0 Å². The van der Waals surface area contributed by atoms with Crippen LogP contribution in [0.1, 0.15) is 21.7 Å². The largest absolute Gasteiger partial charge is 0.508 e. The smallest absolute Gasteiger partial charge is 0.337 e. The highest BCUT2D eigenvalue weighted by Gasteiger charge is 2.09. The lowest BCUT2D eigenvalue weighted by atomic mass is 10.1. The summed E-state index contributed by atoms with van der Waals surface area (Å²) in [6, 6.07) is 10.5. The van der Waals surface area contributed by atoms with Crippen LogP contribution in [-0.4, -0.2) is 27.6 Å². The van der Waals surface area contributed by atoms with Gasteiger partial charge in [0.2, 0.25) is 0 Å². The van der Waals surface area contributed by atoms with Gasteiger partial charge in [-0.25, -0.2) is 9.78 Å². The van der Waals surface area contributed by atoms with Gasteiger partial charge in [-0.1, -0.05) is 12.1 Å². The van der Waals surface area contributed by atoms with Crippen LogP contribution in [0.3, 0.4) is 0 Å². The van der Waals surface area contributed by atoms with Gasteiger partial charge in [0.25, 0.3) is 0 Å². The number of nitrogens with zero attached hydrogens (tertiary/aromatic N) is 2. The third-order valence-corrected chi connectivity index (χ3v) is 3.30. The Bertz CT molecular complexity index is 808. The fraction of sp³-hybridized carbons (Fsp3) is 0.125. The molecule has 0 amide bonds. The summed E-state index contributed by atoms with van der Waals surface area (Å²) in [6.45, 7) is 0. The van der Waals surface area contributed by atoms with Crippen molar-refractivity contribution in [3.63, 3.8) is 0 Å². The molecule has 0 aliphatic rings. The molecule has 2 aromatic heterocycles. The quantitative estimate of drug-likeness (QED) is 0.749. The first-order valence-corrected chi connectivity index (χ1v) is 6.49. The van der Waals surface area contributed by atoms with Crippen molar-refractivity contribution in [2.24, 2.45) is 0 Å². The predicted octanol–water partition coefficient (Wildman–Crippen LogP) is 2.42. The van der Waals surface area contributed by atoms with Crippen molar-refractivity contribution in [1.29, 1.82) is 0 Å². The lowest BCUT2D eigenvalue weighted by molar-refractivity contribution is 0.0600. The molecule has 0 saturated heterocycles. The number of methoxy groups -OCH3 is 1. The van der Waals surface area contributed by atoms with E-state index in [1.165, 1.54) is 7.11 Å². The van der Waals surface area contributed by atoms with Gasteiger partial charge in [0.05, 0.1) is 24.4 Å². The van der Waals surface area contributed by atoms with Crippen LogP contribution >= 0.6 is 0 Å². The van der Waals surface area contributed by atoms with Crippen molar-refractivity contribution in [3.8, 4) is 5.75 Å². The van der Waals surface area contributed by atoms with Crippen LogP contribution in [0.25, 0.3) is 5.52 Å². The molecule has 1 aromatic carbocycles. The van der Waals surface area contributed by atoms with E-state index in [9.17, 15) is 9.90 Å². The molecule has 0 aliphatic carbocycles. The van der Waals surface area contributed by atoms with Gasteiger partial charge < -0.3 is 14.2 Å². The number of phenols is 1. The third kappa shape index (κ3) is 2.58. The summed E-state index contributed by atoms with van der Waals surface area (Å²) in [5.41, 5.74) is 2.29. The molecule has 5 nitrogen and oxygen atoms in total. The van der Waals surface area contributed by atoms with Gasteiger partial charge in [-0.05, 0) is 29.8 Å². The highest BCUT2D eigenvalue weighted by Crippen LogP contribution is 2.17. The normalized spacial score (nSPS) is 10.7. The Morgan fingerprint density at radius 3 is 2.95 bits per heavy atom. The van der Waals surface area contributed by atoms with Crippen molar-refractivity contribution in [2.45, 2.75) is 6.42 Å². The number of pyridine rings is 1. The van der Waals surface area contributed by atoms with Gasteiger partial charge in [0.1, 0.15) is 11.6 Å². The molecular weight excluding hydrogens is 268 g/mol.